The van der Waals surface area contributed by atoms with Crippen molar-refractivity contribution in [2.45, 2.75) is 50.6 Å². The predicted molar refractivity (Wildman–Crippen MR) is 124 cm³/mol. The Bertz CT molecular complexity index is 1120. The Morgan fingerprint density at radius 3 is 2.33 bits per heavy atom. The molecule has 3 amide bonds. The average molecular weight is 472 g/mol. The third kappa shape index (κ3) is 5.24. The second-order valence-corrected chi connectivity index (χ2v) is 9.64. The summed E-state index contributed by atoms with van der Waals surface area (Å²) < 4.78 is 26.3. The molecule has 0 saturated heterocycles. The van der Waals surface area contributed by atoms with E-state index < -0.39 is 22.0 Å². The molecule has 0 fully saturated rings. The molecule has 0 radical (unpaired) electrons. The van der Waals surface area contributed by atoms with E-state index in [9.17, 15) is 22.8 Å². The molecule has 33 heavy (non-hydrogen) atoms. The van der Waals surface area contributed by atoms with Crippen molar-refractivity contribution in [2.75, 3.05) is 13.1 Å². The molecule has 0 unspecified atom stereocenters. The Kier molecular flexibility index (Phi) is 7.86. The molecular weight excluding hydrogens is 442 g/mol. The van der Waals surface area contributed by atoms with E-state index >= 15 is 0 Å². The maximum atomic E-state index is 13.2. The highest BCUT2D eigenvalue weighted by molar-refractivity contribution is 7.90. The fourth-order valence-corrected chi connectivity index (χ4v) is 5.57. The zero-order chi connectivity index (χ0) is 24.0. The van der Waals surface area contributed by atoms with Gasteiger partial charge >= 0.3 is 0 Å². The van der Waals surface area contributed by atoms with E-state index in [-0.39, 0.29) is 48.2 Å². The lowest BCUT2D eigenvalue weighted by molar-refractivity contribution is -0.141. The molecule has 1 heterocycles. The first-order valence-corrected chi connectivity index (χ1v) is 12.5. The predicted octanol–water partition coefficient (Wildman–Crippen LogP) is 2.55. The minimum absolute atomic E-state index is 0.00526. The summed E-state index contributed by atoms with van der Waals surface area (Å²) in [6.07, 6.45) is 0.617. The van der Waals surface area contributed by atoms with Crippen LogP contribution >= 0.6 is 0 Å². The summed E-state index contributed by atoms with van der Waals surface area (Å²) in [4.78, 5) is 39.9. The molecule has 1 atom stereocenters. The van der Waals surface area contributed by atoms with E-state index in [1.165, 1.54) is 17.0 Å². The Hall–Kier alpha value is -3.20. The van der Waals surface area contributed by atoms with Gasteiger partial charge in [0.15, 0.2) is 0 Å². The van der Waals surface area contributed by atoms with Crippen molar-refractivity contribution in [3.05, 3.63) is 65.7 Å². The highest BCUT2D eigenvalue weighted by atomic mass is 32.2. The van der Waals surface area contributed by atoms with Crippen molar-refractivity contribution in [1.82, 2.24) is 14.5 Å². The SMILES string of the molecule is CCNC(=O)[C@@H](CC)N(Cc1ccccc1)C(=O)CCCN1C(=O)c2ccccc2S1(=O)=O. The van der Waals surface area contributed by atoms with E-state index in [0.29, 0.717) is 13.0 Å². The summed E-state index contributed by atoms with van der Waals surface area (Å²) >= 11 is 0. The summed E-state index contributed by atoms with van der Waals surface area (Å²) in [7, 11) is -3.91. The summed E-state index contributed by atoms with van der Waals surface area (Å²) in [6, 6.07) is 14.8. The lowest BCUT2D eigenvalue weighted by Crippen LogP contribution is -2.49. The van der Waals surface area contributed by atoms with Gasteiger partial charge < -0.3 is 10.2 Å². The molecule has 9 heteroatoms. The second-order valence-electron chi connectivity index (χ2n) is 7.81. The molecule has 0 spiro atoms. The lowest BCUT2D eigenvalue weighted by atomic mass is 10.1. The standard InChI is InChI=1S/C24H29N3O5S/c1-3-20(23(29)25-4-2)26(17-18-11-6-5-7-12-18)22(28)15-10-16-27-24(30)19-13-8-9-14-21(19)33(27,31)32/h5-9,11-14,20H,3-4,10,15-17H2,1-2H3,(H,25,29)/t20-/m1/s1. The number of likely N-dealkylation sites (N-methyl/N-ethyl adjacent to an activating group) is 1. The van der Waals surface area contributed by atoms with Crippen LogP contribution in [-0.4, -0.2) is 54.5 Å². The molecule has 2 aromatic carbocycles. The third-order valence-corrected chi connectivity index (χ3v) is 7.44. The van der Waals surface area contributed by atoms with E-state index in [1.54, 1.807) is 12.1 Å². The van der Waals surface area contributed by atoms with Gasteiger partial charge in [0.05, 0.1) is 5.56 Å². The number of fused-ring (bicyclic) bond motifs is 1. The summed E-state index contributed by atoms with van der Waals surface area (Å²) in [5.41, 5.74) is 1.04. The molecular formula is C24H29N3O5S. The minimum Gasteiger partial charge on any atom is -0.355 e. The molecule has 1 N–H and O–H groups in total. The fourth-order valence-electron chi connectivity index (χ4n) is 3.96. The Morgan fingerprint density at radius 2 is 1.70 bits per heavy atom. The number of rotatable bonds is 10. The van der Waals surface area contributed by atoms with Gasteiger partial charge in [-0.05, 0) is 37.5 Å². The number of benzene rings is 2. The van der Waals surface area contributed by atoms with Crippen molar-refractivity contribution in [1.29, 1.82) is 0 Å². The van der Waals surface area contributed by atoms with Crippen LogP contribution in [0.4, 0.5) is 0 Å². The molecule has 176 valence electrons. The minimum atomic E-state index is -3.91. The van der Waals surface area contributed by atoms with E-state index in [4.69, 9.17) is 0 Å². The highest BCUT2D eigenvalue weighted by Gasteiger charge is 2.40. The van der Waals surface area contributed by atoms with Crippen LogP contribution in [0.5, 0.6) is 0 Å². The smallest absolute Gasteiger partial charge is 0.269 e. The number of carbonyl (C=O) groups excluding carboxylic acids is 3. The quantitative estimate of drug-likeness (QED) is 0.574. The van der Waals surface area contributed by atoms with Crippen LogP contribution in [0.3, 0.4) is 0 Å². The summed E-state index contributed by atoms with van der Waals surface area (Å²) in [6.45, 7) is 4.29. The topological polar surface area (TPSA) is 104 Å². The van der Waals surface area contributed by atoms with E-state index in [0.717, 1.165) is 9.87 Å². The second kappa shape index (κ2) is 10.6. The Balaban J connectivity index is 1.72. The van der Waals surface area contributed by atoms with Gasteiger partial charge in [0.2, 0.25) is 11.8 Å². The number of hydrogen-bond acceptors (Lipinski definition) is 5. The Labute approximate surface area is 194 Å². The van der Waals surface area contributed by atoms with Crippen molar-refractivity contribution < 1.29 is 22.8 Å². The zero-order valence-corrected chi connectivity index (χ0v) is 19.7. The van der Waals surface area contributed by atoms with Crippen molar-refractivity contribution >= 4 is 27.7 Å². The van der Waals surface area contributed by atoms with Gasteiger partial charge in [-0.15, -0.1) is 0 Å². The number of hydrogen-bond donors (Lipinski definition) is 1. The molecule has 1 aliphatic heterocycles. The number of nitrogens with one attached hydrogen (secondary N) is 1. The fraction of sp³-hybridized carbons (Fsp3) is 0.375. The first-order chi connectivity index (χ1) is 15.8. The highest BCUT2D eigenvalue weighted by Crippen LogP contribution is 2.30. The molecule has 8 nitrogen and oxygen atoms in total. The number of amides is 3. The summed E-state index contributed by atoms with van der Waals surface area (Å²) in [5, 5.41) is 2.78. The van der Waals surface area contributed by atoms with Crippen LogP contribution in [0, 0.1) is 0 Å². The van der Waals surface area contributed by atoms with Crippen LogP contribution in [-0.2, 0) is 26.2 Å². The van der Waals surface area contributed by atoms with Gasteiger partial charge in [0.25, 0.3) is 15.9 Å². The van der Waals surface area contributed by atoms with Gasteiger partial charge in [0.1, 0.15) is 10.9 Å². The molecule has 3 rings (SSSR count). The van der Waals surface area contributed by atoms with Crippen molar-refractivity contribution in [2.24, 2.45) is 0 Å². The first-order valence-electron chi connectivity index (χ1n) is 11.1. The van der Waals surface area contributed by atoms with Crippen LogP contribution in [0.15, 0.2) is 59.5 Å². The van der Waals surface area contributed by atoms with E-state index in [2.05, 4.69) is 5.32 Å². The number of sulfonamides is 1. The van der Waals surface area contributed by atoms with Crippen LogP contribution < -0.4 is 5.32 Å². The van der Waals surface area contributed by atoms with Crippen molar-refractivity contribution in [3.8, 4) is 0 Å². The maximum absolute atomic E-state index is 13.2. The molecule has 1 aliphatic rings. The van der Waals surface area contributed by atoms with Gasteiger partial charge in [-0.25, -0.2) is 12.7 Å². The van der Waals surface area contributed by atoms with Crippen LogP contribution in [0.1, 0.15) is 49.0 Å². The largest absolute Gasteiger partial charge is 0.355 e. The van der Waals surface area contributed by atoms with Gasteiger partial charge in [-0.2, -0.15) is 0 Å². The molecule has 0 bridgehead atoms. The molecule has 0 aliphatic carbocycles. The van der Waals surface area contributed by atoms with Gasteiger partial charge in [-0.1, -0.05) is 49.4 Å². The number of nitrogens with zero attached hydrogens (tertiary/aromatic N) is 2. The maximum Gasteiger partial charge on any atom is 0.269 e. The Morgan fingerprint density at radius 1 is 1.03 bits per heavy atom. The third-order valence-electron chi connectivity index (χ3n) is 5.60. The zero-order valence-electron chi connectivity index (χ0n) is 18.9. The summed E-state index contributed by atoms with van der Waals surface area (Å²) in [5.74, 6) is -1.07. The normalized spacial score (nSPS) is 15.1. The van der Waals surface area contributed by atoms with Crippen LogP contribution in [0.2, 0.25) is 0 Å². The van der Waals surface area contributed by atoms with Crippen LogP contribution in [0.25, 0.3) is 0 Å². The lowest BCUT2D eigenvalue weighted by Gasteiger charge is -2.30. The van der Waals surface area contributed by atoms with E-state index in [1.807, 2.05) is 44.2 Å². The van der Waals surface area contributed by atoms with Crippen molar-refractivity contribution in [3.63, 3.8) is 0 Å². The average Bonchev–Trinajstić information content (AvgIpc) is 3.00. The molecule has 0 saturated carbocycles. The molecule has 0 aromatic heterocycles. The van der Waals surface area contributed by atoms with Gasteiger partial charge in [0, 0.05) is 26.1 Å². The first kappa shape index (κ1) is 24.4. The van der Waals surface area contributed by atoms with Gasteiger partial charge in [-0.3, -0.25) is 14.4 Å². The monoisotopic (exact) mass is 471 g/mol. The molecule has 2 aromatic rings. The number of carbonyl (C=O) groups is 3.